The molecular formula is C14H11Cl3F3N. The summed E-state index contributed by atoms with van der Waals surface area (Å²) in [5.74, 6) is 0. The Balaban J connectivity index is 0.00000220. The van der Waals surface area contributed by atoms with Gasteiger partial charge in [0.25, 0.3) is 0 Å². The van der Waals surface area contributed by atoms with Crippen molar-refractivity contribution >= 4 is 35.6 Å². The van der Waals surface area contributed by atoms with E-state index < -0.39 is 17.8 Å². The second-order valence-corrected chi connectivity index (χ2v) is 5.11. The van der Waals surface area contributed by atoms with Crippen LogP contribution in [0.5, 0.6) is 0 Å². The van der Waals surface area contributed by atoms with Gasteiger partial charge in [0.05, 0.1) is 16.6 Å². The fourth-order valence-corrected chi connectivity index (χ4v) is 2.17. The molecule has 0 heterocycles. The fraction of sp³-hybridized carbons (Fsp3) is 0.143. The van der Waals surface area contributed by atoms with Gasteiger partial charge in [0, 0.05) is 5.02 Å². The van der Waals surface area contributed by atoms with Crippen molar-refractivity contribution in [3.63, 3.8) is 0 Å². The van der Waals surface area contributed by atoms with Crippen LogP contribution in [0.4, 0.5) is 13.2 Å². The second-order valence-electron chi connectivity index (χ2n) is 4.27. The first-order chi connectivity index (χ1) is 9.29. The lowest BCUT2D eigenvalue weighted by Crippen LogP contribution is -2.14. The van der Waals surface area contributed by atoms with Gasteiger partial charge in [-0.25, -0.2) is 0 Å². The normalized spacial score (nSPS) is 12.7. The Bertz CT molecular complexity index is 612. The maximum atomic E-state index is 12.8. The van der Waals surface area contributed by atoms with E-state index in [1.54, 1.807) is 24.3 Å². The summed E-state index contributed by atoms with van der Waals surface area (Å²) in [5.41, 5.74) is 6.10. The quantitative estimate of drug-likeness (QED) is 0.757. The molecule has 0 aliphatic heterocycles. The predicted octanol–water partition coefficient (Wildman–Crippen LogP) is 5.48. The molecule has 21 heavy (non-hydrogen) atoms. The molecule has 2 rings (SSSR count). The summed E-state index contributed by atoms with van der Waals surface area (Å²) in [5, 5.41) is 0.192. The Kier molecular flexibility index (Phi) is 5.93. The van der Waals surface area contributed by atoms with Crippen molar-refractivity contribution in [2.24, 2.45) is 5.73 Å². The highest BCUT2D eigenvalue weighted by Gasteiger charge is 2.33. The van der Waals surface area contributed by atoms with Gasteiger partial charge in [-0.3, -0.25) is 0 Å². The average Bonchev–Trinajstić information content (AvgIpc) is 2.38. The molecule has 0 bridgehead atoms. The van der Waals surface area contributed by atoms with Crippen LogP contribution < -0.4 is 5.73 Å². The number of benzene rings is 2. The van der Waals surface area contributed by atoms with Gasteiger partial charge in [0.15, 0.2) is 0 Å². The third-order valence-electron chi connectivity index (χ3n) is 2.88. The van der Waals surface area contributed by atoms with Crippen LogP contribution in [0.15, 0.2) is 42.5 Å². The van der Waals surface area contributed by atoms with E-state index in [-0.39, 0.29) is 17.4 Å². The standard InChI is InChI=1S/C14H10Cl2F3N.ClH/c15-10-4-1-8(2-5-10)13(20)9-3-6-12(16)11(7-9)14(17,18)19;/h1-7,13H,20H2;1H. The molecule has 2 aromatic carbocycles. The van der Waals surface area contributed by atoms with Crippen LogP contribution >= 0.6 is 35.6 Å². The molecule has 7 heteroatoms. The summed E-state index contributed by atoms with van der Waals surface area (Å²) in [6, 6.07) is 9.61. The van der Waals surface area contributed by atoms with Crippen LogP contribution in [0, 0.1) is 0 Å². The molecule has 1 atom stereocenters. The number of rotatable bonds is 2. The lowest BCUT2D eigenvalue weighted by atomic mass is 9.98. The average molecular weight is 357 g/mol. The van der Waals surface area contributed by atoms with E-state index in [2.05, 4.69) is 0 Å². The molecule has 0 amide bonds. The van der Waals surface area contributed by atoms with E-state index in [0.717, 1.165) is 6.07 Å². The third-order valence-corrected chi connectivity index (χ3v) is 3.47. The first kappa shape index (κ1) is 18.1. The fourth-order valence-electron chi connectivity index (χ4n) is 1.82. The first-order valence-electron chi connectivity index (χ1n) is 5.66. The minimum atomic E-state index is -4.51. The predicted molar refractivity (Wildman–Crippen MR) is 81.2 cm³/mol. The van der Waals surface area contributed by atoms with E-state index in [1.807, 2.05) is 0 Å². The Hall–Kier alpha value is -0.940. The van der Waals surface area contributed by atoms with Crippen molar-refractivity contribution in [3.05, 3.63) is 69.2 Å². The number of halogens is 6. The largest absolute Gasteiger partial charge is 0.417 e. The maximum absolute atomic E-state index is 12.8. The van der Waals surface area contributed by atoms with Gasteiger partial charge < -0.3 is 5.73 Å². The summed E-state index contributed by atoms with van der Waals surface area (Å²) in [4.78, 5) is 0. The second kappa shape index (κ2) is 6.88. The van der Waals surface area contributed by atoms with Crippen molar-refractivity contribution in [3.8, 4) is 0 Å². The van der Waals surface area contributed by atoms with E-state index in [9.17, 15) is 13.2 Å². The summed E-state index contributed by atoms with van der Waals surface area (Å²) in [6.07, 6.45) is -4.51. The minimum absolute atomic E-state index is 0. The molecule has 0 aliphatic carbocycles. The molecule has 114 valence electrons. The van der Waals surface area contributed by atoms with Crippen LogP contribution in [-0.2, 0) is 6.18 Å². The summed E-state index contributed by atoms with van der Waals surface area (Å²) in [7, 11) is 0. The van der Waals surface area contributed by atoms with Gasteiger partial charge in [0.2, 0.25) is 0 Å². The van der Waals surface area contributed by atoms with Crippen molar-refractivity contribution in [2.45, 2.75) is 12.2 Å². The molecule has 2 N–H and O–H groups in total. The van der Waals surface area contributed by atoms with Crippen molar-refractivity contribution < 1.29 is 13.2 Å². The number of hydrogen-bond acceptors (Lipinski definition) is 1. The summed E-state index contributed by atoms with van der Waals surface area (Å²) >= 11 is 11.3. The van der Waals surface area contributed by atoms with E-state index in [0.29, 0.717) is 16.1 Å². The molecule has 2 aromatic rings. The van der Waals surface area contributed by atoms with Crippen LogP contribution in [0.2, 0.25) is 10.0 Å². The number of nitrogens with two attached hydrogens (primary N) is 1. The molecule has 0 radical (unpaired) electrons. The lowest BCUT2D eigenvalue weighted by molar-refractivity contribution is -0.137. The van der Waals surface area contributed by atoms with E-state index >= 15 is 0 Å². The van der Waals surface area contributed by atoms with Crippen LogP contribution in [-0.4, -0.2) is 0 Å². The first-order valence-corrected chi connectivity index (χ1v) is 6.42. The maximum Gasteiger partial charge on any atom is 0.417 e. The van der Waals surface area contributed by atoms with Crippen molar-refractivity contribution in [1.29, 1.82) is 0 Å². The topological polar surface area (TPSA) is 26.0 Å². The zero-order valence-electron chi connectivity index (χ0n) is 10.5. The molecule has 0 spiro atoms. The third kappa shape index (κ3) is 4.27. The molecule has 0 aliphatic rings. The van der Waals surface area contributed by atoms with Crippen LogP contribution in [0.1, 0.15) is 22.7 Å². The zero-order chi connectivity index (χ0) is 14.9. The highest BCUT2D eigenvalue weighted by atomic mass is 35.5. The van der Waals surface area contributed by atoms with Crippen molar-refractivity contribution in [2.75, 3.05) is 0 Å². The lowest BCUT2D eigenvalue weighted by Gasteiger charge is -2.16. The Morgan fingerprint density at radius 1 is 0.905 bits per heavy atom. The SMILES string of the molecule is Cl.NC(c1ccc(Cl)cc1)c1ccc(Cl)c(C(F)(F)F)c1. The van der Waals surface area contributed by atoms with Crippen LogP contribution in [0.3, 0.4) is 0 Å². The van der Waals surface area contributed by atoms with E-state index in [4.69, 9.17) is 28.9 Å². The molecular weight excluding hydrogens is 346 g/mol. The van der Waals surface area contributed by atoms with E-state index in [1.165, 1.54) is 12.1 Å². The van der Waals surface area contributed by atoms with Crippen molar-refractivity contribution in [1.82, 2.24) is 0 Å². The zero-order valence-corrected chi connectivity index (χ0v) is 12.8. The van der Waals surface area contributed by atoms with Gasteiger partial charge in [-0.05, 0) is 35.4 Å². The molecule has 0 fully saturated rings. The Labute approximate surface area is 136 Å². The van der Waals surface area contributed by atoms with Gasteiger partial charge >= 0.3 is 6.18 Å². The number of hydrogen-bond donors (Lipinski definition) is 1. The summed E-state index contributed by atoms with van der Waals surface area (Å²) in [6.45, 7) is 0. The highest BCUT2D eigenvalue weighted by Crippen LogP contribution is 2.36. The minimum Gasteiger partial charge on any atom is -0.320 e. The molecule has 1 unspecified atom stereocenters. The van der Waals surface area contributed by atoms with Crippen LogP contribution in [0.25, 0.3) is 0 Å². The van der Waals surface area contributed by atoms with Gasteiger partial charge in [-0.15, -0.1) is 12.4 Å². The van der Waals surface area contributed by atoms with Gasteiger partial charge in [-0.2, -0.15) is 13.2 Å². The summed E-state index contributed by atoms with van der Waals surface area (Å²) < 4.78 is 38.4. The molecule has 0 aromatic heterocycles. The highest BCUT2D eigenvalue weighted by molar-refractivity contribution is 6.31. The molecule has 1 nitrogen and oxygen atoms in total. The van der Waals surface area contributed by atoms with Gasteiger partial charge in [0.1, 0.15) is 0 Å². The smallest absolute Gasteiger partial charge is 0.320 e. The van der Waals surface area contributed by atoms with Gasteiger partial charge in [-0.1, -0.05) is 41.4 Å². The monoisotopic (exact) mass is 355 g/mol. The Morgan fingerprint density at radius 3 is 1.95 bits per heavy atom. The Morgan fingerprint density at radius 2 is 1.43 bits per heavy atom. The number of alkyl halides is 3. The molecule has 0 saturated heterocycles. The molecule has 0 saturated carbocycles.